The van der Waals surface area contributed by atoms with Gasteiger partial charge in [0, 0.05) is 48.0 Å². The van der Waals surface area contributed by atoms with Crippen LogP contribution in [0, 0.1) is 0 Å². The second-order valence-electron chi connectivity index (χ2n) is 9.62. The van der Waals surface area contributed by atoms with Gasteiger partial charge in [-0.1, -0.05) is 56.3 Å². The van der Waals surface area contributed by atoms with E-state index in [1.165, 1.54) is 33.9 Å². The summed E-state index contributed by atoms with van der Waals surface area (Å²) in [6.07, 6.45) is 7.74. The van der Waals surface area contributed by atoms with Gasteiger partial charge >= 0.3 is 0 Å². The van der Waals surface area contributed by atoms with Gasteiger partial charge in [0.1, 0.15) is 0 Å². The molecule has 0 fully saturated rings. The fourth-order valence-electron chi connectivity index (χ4n) is 5.27. The van der Waals surface area contributed by atoms with Gasteiger partial charge in [0.25, 0.3) is 0 Å². The largest absolute Gasteiger partial charge is 0.347 e. The van der Waals surface area contributed by atoms with Crippen LogP contribution in [0.5, 0.6) is 0 Å². The lowest BCUT2D eigenvalue weighted by molar-refractivity contribution is -0.437. The van der Waals surface area contributed by atoms with Gasteiger partial charge in [-0.2, -0.15) is 4.58 Å². The van der Waals surface area contributed by atoms with Crippen LogP contribution in [0.4, 0.5) is 11.4 Å². The maximum atomic E-state index is 4.73. The molecule has 0 spiro atoms. The predicted octanol–water partition coefficient (Wildman–Crippen LogP) is 6.42. The third-order valence-corrected chi connectivity index (χ3v) is 7.09. The lowest BCUT2D eigenvalue weighted by Gasteiger charge is -2.23. The summed E-state index contributed by atoms with van der Waals surface area (Å²) in [5.74, 6) is 0. The number of para-hydroxylation sites is 2. The summed E-state index contributed by atoms with van der Waals surface area (Å²) in [5.41, 5.74) is 7.89. The minimum absolute atomic E-state index is 0.0209. The van der Waals surface area contributed by atoms with Crippen molar-refractivity contribution in [2.24, 2.45) is 4.99 Å². The molecule has 0 N–H and O–H groups in total. The fraction of sp³-hybridized carbons (Fsp3) is 0.357. The Bertz CT molecular complexity index is 1180. The highest BCUT2D eigenvalue weighted by molar-refractivity contribution is 7.78. The van der Waals surface area contributed by atoms with Gasteiger partial charge in [-0.15, -0.1) is 0 Å². The molecule has 0 saturated carbocycles. The summed E-state index contributed by atoms with van der Waals surface area (Å²) < 4.78 is 2.45. The number of fused-ring (bicyclic) bond motifs is 2. The maximum Gasteiger partial charge on any atom is 0.209 e. The Labute approximate surface area is 197 Å². The van der Waals surface area contributed by atoms with Gasteiger partial charge < -0.3 is 4.90 Å². The normalized spacial score (nSPS) is 19.4. The summed E-state index contributed by atoms with van der Waals surface area (Å²) >= 11 is 4.73. The molecule has 2 heterocycles. The van der Waals surface area contributed by atoms with Crippen molar-refractivity contribution in [3.05, 3.63) is 83.6 Å². The smallest absolute Gasteiger partial charge is 0.209 e. The highest BCUT2D eigenvalue weighted by Crippen LogP contribution is 2.46. The fourth-order valence-corrected chi connectivity index (χ4v) is 5.36. The number of likely N-dealkylation sites (N-methyl/N-ethyl adjacent to an activating group) is 1. The highest BCUT2D eigenvalue weighted by atomic mass is 32.1. The van der Waals surface area contributed by atoms with Gasteiger partial charge in [-0.05, 0) is 43.8 Å². The lowest BCUT2D eigenvalue weighted by atomic mass is 9.81. The Hall–Kier alpha value is -2.81. The average Bonchev–Trinajstić information content (AvgIpc) is 3.11. The molecule has 0 bridgehead atoms. The van der Waals surface area contributed by atoms with Crippen molar-refractivity contribution in [3.63, 3.8) is 0 Å². The third-order valence-electron chi connectivity index (χ3n) is 6.96. The van der Waals surface area contributed by atoms with Crippen LogP contribution in [0.2, 0.25) is 0 Å². The quantitative estimate of drug-likeness (QED) is 0.222. The minimum atomic E-state index is -0.0565. The van der Waals surface area contributed by atoms with Crippen molar-refractivity contribution in [2.75, 3.05) is 25.0 Å². The molecule has 4 rings (SSSR count). The Balaban J connectivity index is 1.70. The van der Waals surface area contributed by atoms with Gasteiger partial charge in [0.05, 0.1) is 17.1 Å². The molecule has 0 atom stereocenters. The molecular formula is C28H32N3S+. The van der Waals surface area contributed by atoms with Gasteiger partial charge in [0.2, 0.25) is 5.69 Å². The first kappa shape index (κ1) is 22.4. The number of isothiocyanates is 1. The maximum absolute atomic E-state index is 4.73. The Morgan fingerprint density at radius 1 is 1.00 bits per heavy atom. The van der Waals surface area contributed by atoms with Crippen LogP contribution >= 0.6 is 12.2 Å². The topological polar surface area (TPSA) is 18.6 Å². The number of anilines is 1. The van der Waals surface area contributed by atoms with Crippen LogP contribution < -0.4 is 4.90 Å². The van der Waals surface area contributed by atoms with Crippen molar-refractivity contribution >= 4 is 34.5 Å². The van der Waals surface area contributed by atoms with Crippen LogP contribution in [0.1, 0.15) is 45.2 Å². The van der Waals surface area contributed by atoms with E-state index >= 15 is 0 Å². The molecule has 0 saturated heterocycles. The third kappa shape index (κ3) is 3.68. The molecule has 0 amide bonds. The van der Waals surface area contributed by atoms with E-state index in [1.807, 2.05) is 0 Å². The van der Waals surface area contributed by atoms with Gasteiger partial charge in [-0.3, -0.25) is 0 Å². The van der Waals surface area contributed by atoms with E-state index in [1.54, 1.807) is 0 Å². The first-order chi connectivity index (χ1) is 15.3. The molecule has 4 heteroatoms. The molecular weight excluding hydrogens is 410 g/mol. The van der Waals surface area contributed by atoms with Crippen LogP contribution in [0.3, 0.4) is 0 Å². The van der Waals surface area contributed by atoms with E-state index in [4.69, 9.17) is 12.2 Å². The first-order valence-electron chi connectivity index (χ1n) is 11.3. The molecule has 2 aromatic carbocycles. The van der Waals surface area contributed by atoms with Crippen LogP contribution in [-0.2, 0) is 10.8 Å². The number of thiocarbonyl (C=S) groups is 1. The van der Waals surface area contributed by atoms with Crippen molar-refractivity contribution in [2.45, 2.75) is 44.9 Å². The van der Waals surface area contributed by atoms with E-state index in [0.29, 0.717) is 6.54 Å². The zero-order valence-electron chi connectivity index (χ0n) is 19.7. The number of rotatable bonds is 6. The molecule has 3 nitrogen and oxygen atoms in total. The standard InChI is InChI=1S/C28H32N3S/c1-27(2)21-12-6-8-14-23(21)30(5)25(27)16-10-17-26-28(3,4)22-13-7-9-15-24(22)31(26)19-11-18-29-20-32/h6-10,12-17H,11,18-19H2,1-5H3/q+1. The van der Waals surface area contributed by atoms with Crippen LogP contribution in [0.15, 0.2) is 77.4 Å². The van der Waals surface area contributed by atoms with Crippen molar-refractivity contribution < 1.29 is 4.58 Å². The summed E-state index contributed by atoms with van der Waals surface area (Å²) in [5, 5.41) is 2.48. The summed E-state index contributed by atoms with van der Waals surface area (Å²) in [7, 11) is 2.17. The van der Waals surface area contributed by atoms with Crippen molar-refractivity contribution in [1.82, 2.24) is 0 Å². The highest BCUT2D eigenvalue weighted by Gasteiger charge is 2.44. The molecule has 2 aromatic rings. The molecule has 2 aliphatic rings. The first-order valence-corrected chi connectivity index (χ1v) is 11.7. The van der Waals surface area contributed by atoms with E-state index in [9.17, 15) is 0 Å². The number of aliphatic imine (C=N–C) groups is 1. The Morgan fingerprint density at radius 3 is 2.41 bits per heavy atom. The van der Waals surface area contributed by atoms with Crippen LogP contribution in [0.25, 0.3) is 0 Å². The van der Waals surface area contributed by atoms with Gasteiger partial charge in [-0.25, -0.2) is 4.99 Å². The molecule has 32 heavy (non-hydrogen) atoms. The minimum Gasteiger partial charge on any atom is -0.347 e. The van der Waals surface area contributed by atoms with Gasteiger partial charge in [0.15, 0.2) is 12.3 Å². The van der Waals surface area contributed by atoms with Crippen molar-refractivity contribution in [3.8, 4) is 0 Å². The van der Waals surface area contributed by atoms with Crippen LogP contribution in [-0.4, -0.2) is 35.6 Å². The summed E-state index contributed by atoms with van der Waals surface area (Å²) in [6.45, 7) is 10.9. The molecule has 0 unspecified atom stereocenters. The Morgan fingerprint density at radius 2 is 1.69 bits per heavy atom. The molecule has 0 aromatic heterocycles. The Kier molecular flexibility index (Phi) is 6.03. The average molecular weight is 443 g/mol. The number of allylic oxidation sites excluding steroid dienone is 4. The van der Waals surface area contributed by atoms with E-state index in [-0.39, 0.29) is 10.8 Å². The van der Waals surface area contributed by atoms with E-state index < -0.39 is 0 Å². The lowest BCUT2D eigenvalue weighted by Crippen LogP contribution is -2.28. The zero-order chi connectivity index (χ0) is 22.9. The monoisotopic (exact) mass is 442 g/mol. The number of hydrogen-bond acceptors (Lipinski definition) is 3. The summed E-state index contributed by atoms with van der Waals surface area (Å²) in [6, 6.07) is 17.4. The number of hydrogen-bond donors (Lipinski definition) is 0. The predicted molar refractivity (Wildman–Crippen MR) is 139 cm³/mol. The second kappa shape index (κ2) is 8.61. The molecule has 164 valence electrons. The molecule has 0 radical (unpaired) electrons. The number of nitrogens with zero attached hydrogens (tertiary/aromatic N) is 3. The molecule has 0 aliphatic carbocycles. The zero-order valence-corrected chi connectivity index (χ0v) is 20.5. The van der Waals surface area contributed by atoms with E-state index in [0.717, 1.165) is 13.0 Å². The summed E-state index contributed by atoms with van der Waals surface area (Å²) in [4.78, 5) is 6.42. The van der Waals surface area contributed by atoms with E-state index in [2.05, 4.69) is 121 Å². The molecule has 2 aliphatic heterocycles. The second-order valence-corrected chi connectivity index (χ2v) is 9.80. The van der Waals surface area contributed by atoms with Crippen molar-refractivity contribution in [1.29, 1.82) is 0 Å². The number of benzene rings is 2. The SMILES string of the molecule is CN1/C(=C/C=C/C2=[N+](CCCN=C=S)c3ccccc3C2(C)C)C(C)(C)c2ccccc21.